The summed E-state index contributed by atoms with van der Waals surface area (Å²) >= 11 is 6.03. The van der Waals surface area contributed by atoms with Crippen LogP contribution in [0.4, 0.5) is 0 Å². The number of aryl methyl sites for hydroxylation is 1. The third-order valence-electron chi connectivity index (χ3n) is 4.22. The van der Waals surface area contributed by atoms with Crippen LogP contribution in [0.5, 0.6) is 0 Å². The van der Waals surface area contributed by atoms with Gasteiger partial charge in [0.1, 0.15) is 5.54 Å². The lowest BCUT2D eigenvalue weighted by atomic mass is 9.83. The van der Waals surface area contributed by atoms with E-state index < -0.39 is 17.4 Å². The number of halogens is 1. The maximum atomic E-state index is 11.9. The number of nitrogens with zero attached hydrogens (tertiary/aromatic N) is 1. The first-order valence-corrected chi connectivity index (χ1v) is 8.54. The largest absolute Gasteiger partial charge is 0.456 e. The highest BCUT2D eigenvalue weighted by Crippen LogP contribution is 2.27. The van der Waals surface area contributed by atoms with E-state index in [9.17, 15) is 14.9 Å². The van der Waals surface area contributed by atoms with E-state index in [1.54, 1.807) is 6.07 Å². The Balaban J connectivity index is 1.74. The molecular formula is C18H21ClN2O3. The van der Waals surface area contributed by atoms with Gasteiger partial charge in [-0.25, -0.2) is 0 Å². The van der Waals surface area contributed by atoms with Crippen LogP contribution in [0, 0.1) is 11.3 Å². The summed E-state index contributed by atoms with van der Waals surface area (Å²) < 4.78 is 4.99. The summed E-state index contributed by atoms with van der Waals surface area (Å²) in [4.78, 5) is 23.7. The van der Waals surface area contributed by atoms with Crippen molar-refractivity contribution in [3.8, 4) is 6.07 Å². The fourth-order valence-corrected chi connectivity index (χ4v) is 3.11. The van der Waals surface area contributed by atoms with Crippen LogP contribution in [0.25, 0.3) is 0 Å². The molecule has 1 amide bonds. The van der Waals surface area contributed by atoms with Gasteiger partial charge in [0, 0.05) is 11.4 Å². The van der Waals surface area contributed by atoms with Gasteiger partial charge in [-0.3, -0.25) is 9.59 Å². The van der Waals surface area contributed by atoms with Crippen molar-refractivity contribution < 1.29 is 14.3 Å². The maximum Gasteiger partial charge on any atom is 0.306 e. The highest BCUT2D eigenvalue weighted by molar-refractivity contribution is 6.31. The van der Waals surface area contributed by atoms with E-state index in [2.05, 4.69) is 11.4 Å². The summed E-state index contributed by atoms with van der Waals surface area (Å²) in [5.74, 6) is -0.885. The minimum absolute atomic E-state index is 0.153. The molecule has 5 nitrogen and oxygen atoms in total. The van der Waals surface area contributed by atoms with Crippen molar-refractivity contribution in [1.82, 2.24) is 5.32 Å². The van der Waals surface area contributed by atoms with Gasteiger partial charge in [-0.1, -0.05) is 49.1 Å². The van der Waals surface area contributed by atoms with Crippen LogP contribution in [-0.4, -0.2) is 24.0 Å². The van der Waals surface area contributed by atoms with Gasteiger partial charge in [0.05, 0.1) is 6.07 Å². The molecule has 1 fully saturated rings. The standard InChI is InChI=1S/C18H21ClN2O3/c19-15-7-3-2-6-14(15)8-9-17(23)24-12-16(22)21-18(13-20)10-4-1-5-11-18/h2-3,6-7H,1,4-5,8-12H2,(H,21,22). The Labute approximate surface area is 146 Å². The van der Waals surface area contributed by atoms with E-state index in [-0.39, 0.29) is 13.0 Å². The molecule has 0 aromatic heterocycles. The van der Waals surface area contributed by atoms with Crippen molar-refractivity contribution in [3.05, 3.63) is 34.9 Å². The van der Waals surface area contributed by atoms with Gasteiger partial charge in [-0.15, -0.1) is 0 Å². The number of amides is 1. The van der Waals surface area contributed by atoms with Gasteiger partial charge in [0.2, 0.25) is 0 Å². The first-order chi connectivity index (χ1) is 11.5. The first-order valence-electron chi connectivity index (χ1n) is 8.16. The quantitative estimate of drug-likeness (QED) is 0.801. The predicted molar refractivity (Wildman–Crippen MR) is 90.3 cm³/mol. The molecule has 24 heavy (non-hydrogen) atoms. The second-order valence-corrected chi connectivity index (χ2v) is 6.46. The number of benzene rings is 1. The Hall–Kier alpha value is -2.06. The zero-order chi connectivity index (χ0) is 17.4. The smallest absolute Gasteiger partial charge is 0.306 e. The van der Waals surface area contributed by atoms with Gasteiger partial charge in [0.25, 0.3) is 5.91 Å². The number of hydrogen-bond donors (Lipinski definition) is 1. The third-order valence-corrected chi connectivity index (χ3v) is 4.59. The second-order valence-electron chi connectivity index (χ2n) is 6.05. The molecular weight excluding hydrogens is 328 g/mol. The fourth-order valence-electron chi connectivity index (χ4n) is 2.88. The van der Waals surface area contributed by atoms with Crippen LogP contribution in [0.2, 0.25) is 5.02 Å². The number of esters is 1. The Morgan fingerprint density at radius 1 is 1.25 bits per heavy atom. The summed E-state index contributed by atoms with van der Waals surface area (Å²) in [6, 6.07) is 9.49. The van der Waals surface area contributed by atoms with Crippen molar-refractivity contribution in [1.29, 1.82) is 5.26 Å². The first kappa shape index (κ1) is 18.3. The SMILES string of the molecule is N#CC1(NC(=O)COC(=O)CCc2ccccc2Cl)CCCCC1. The molecule has 1 aromatic carbocycles. The van der Waals surface area contributed by atoms with Crippen LogP contribution in [0.15, 0.2) is 24.3 Å². The van der Waals surface area contributed by atoms with Crippen LogP contribution in [-0.2, 0) is 20.7 Å². The minimum Gasteiger partial charge on any atom is -0.456 e. The molecule has 2 rings (SSSR count). The molecule has 1 aliphatic rings. The number of nitrogens with one attached hydrogen (secondary N) is 1. The number of rotatable bonds is 6. The average molecular weight is 349 g/mol. The third kappa shape index (κ3) is 5.24. The normalized spacial score (nSPS) is 16.0. The summed E-state index contributed by atoms with van der Waals surface area (Å²) in [7, 11) is 0. The van der Waals surface area contributed by atoms with E-state index in [1.807, 2.05) is 18.2 Å². The van der Waals surface area contributed by atoms with E-state index >= 15 is 0 Å². The molecule has 0 spiro atoms. The monoisotopic (exact) mass is 348 g/mol. The van der Waals surface area contributed by atoms with Crippen LogP contribution in [0.1, 0.15) is 44.1 Å². The molecule has 0 atom stereocenters. The number of hydrogen-bond acceptors (Lipinski definition) is 4. The minimum atomic E-state index is -0.806. The van der Waals surface area contributed by atoms with Gasteiger partial charge in [-0.05, 0) is 30.9 Å². The summed E-state index contributed by atoms with van der Waals surface area (Å²) in [6.07, 6.45) is 4.83. The average Bonchev–Trinajstić information content (AvgIpc) is 2.60. The molecule has 1 N–H and O–H groups in total. The van der Waals surface area contributed by atoms with Crippen molar-refractivity contribution in [2.24, 2.45) is 0 Å². The van der Waals surface area contributed by atoms with Crippen molar-refractivity contribution >= 4 is 23.5 Å². The summed E-state index contributed by atoms with van der Waals surface area (Å²) in [5.41, 5.74) is 0.0606. The predicted octanol–water partition coefficient (Wildman–Crippen LogP) is 3.16. The number of carbonyl (C=O) groups is 2. The van der Waals surface area contributed by atoms with Crippen LogP contribution in [0.3, 0.4) is 0 Å². The maximum absolute atomic E-state index is 11.9. The van der Waals surface area contributed by atoms with Crippen LogP contribution >= 0.6 is 11.6 Å². The number of nitriles is 1. The lowest BCUT2D eigenvalue weighted by Gasteiger charge is -2.31. The van der Waals surface area contributed by atoms with E-state index in [0.29, 0.717) is 24.3 Å². The lowest BCUT2D eigenvalue weighted by molar-refractivity contribution is -0.149. The zero-order valence-electron chi connectivity index (χ0n) is 13.5. The topological polar surface area (TPSA) is 79.2 Å². The van der Waals surface area contributed by atoms with Gasteiger partial charge in [-0.2, -0.15) is 5.26 Å². The van der Waals surface area contributed by atoms with E-state index in [4.69, 9.17) is 16.3 Å². The summed E-state index contributed by atoms with van der Waals surface area (Å²) in [6.45, 7) is -0.356. The molecule has 0 aliphatic heterocycles. The Morgan fingerprint density at radius 2 is 1.96 bits per heavy atom. The van der Waals surface area contributed by atoms with Gasteiger partial charge >= 0.3 is 5.97 Å². The Kier molecular flexibility index (Phi) is 6.62. The van der Waals surface area contributed by atoms with Gasteiger partial charge in [0.15, 0.2) is 6.61 Å². The van der Waals surface area contributed by atoms with Crippen molar-refractivity contribution in [2.45, 2.75) is 50.5 Å². The molecule has 0 heterocycles. The second kappa shape index (κ2) is 8.70. The lowest BCUT2D eigenvalue weighted by Crippen LogP contribution is -2.50. The van der Waals surface area contributed by atoms with Crippen molar-refractivity contribution in [3.63, 3.8) is 0 Å². The Bertz CT molecular complexity index is 633. The zero-order valence-corrected chi connectivity index (χ0v) is 14.3. The molecule has 0 radical (unpaired) electrons. The van der Waals surface area contributed by atoms with E-state index in [0.717, 1.165) is 24.8 Å². The number of ether oxygens (including phenoxy) is 1. The molecule has 1 aliphatic carbocycles. The highest BCUT2D eigenvalue weighted by atomic mass is 35.5. The molecule has 1 saturated carbocycles. The molecule has 0 unspecified atom stereocenters. The van der Waals surface area contributed by atoms with E-state index in [1.165, 1.54) is 0 Å². The molecule has 0 bridgehead atoms. The molecule has 128 valence electrons. The van der Waals surface area contributed by atoms with Gasteiger partial charge < -0.3 is 10.1 Å². The van der Waals surface area contributed by atoms with Crippen molar-refractivity contribution in [2.75, 3.05) is 6.61 Å². The van der Waals surface area contributed by atoms with Crippen LogP contribution < -0.4 is 5.32 Å². The molecule has 6 heteroatoms. The summed E-state index contributed by atoms with van der Waals surface area (Å²) in [5, 5.41) is 12.6. The molecule has 0 saturated heterocycles. The highest BCUT2D eigenvalue weighted by Gasteiger charge is 2.33. The Morgan fingerprint density at radius 3 is 2.62 bits per heavy atom. The number of carbonyl (C=O) groups excluding carboxylic acids is 2. The molecule has 1 aromatic rings. The fraction of sp³-hybridized carbons (Fsp3) is 0.500.